The predicted molar refractivity (Wildman–Crippen MR) is 100 cm³/mol. The van der Waals surface area contributed by atoms with Crippen LogP contribution in [-0.4, -0.2) is 46.2 Å². The minimum absolute atomic E-state index is 0.195. The van der Waals surface area contributed by atoms with E-state index in [1.807, 2.05) is 0 Å². The van der Waals surface area contributed by atoms with E-state index in [0.29, 0.717) is 22.8 Å². The zero-order valence-corrected chi connectivity index (χ0v) is 15.6. The van der Waals surface area contributed by atoms with Crippen LogP contribution in [0.4, 0.5) is 4.79 Å². The summed E-state index contributed by atoms with van der Waals surface area (Å²) in [6.45, 7) is -0.229. The maximum absolute atomic E-state index is 11.9. The molecule has 0 aliphatic carbocycles. The molecule has 0 aliphatic rings. The molecule has 2 aromatic rings. The molecule has 2 rings (SSSR count). The molecular weight excluding hydrogens is 368 g/mol. The fraction of sp³-hybridized carbons (Fsp3) is 0.211. The monoisotopic (exact) mass is 388 g/mol. The largest absolute Gasteiger partial charge is 0.513 e. The third-order valence-electron chi connectivity index (χ3n) is 3.38. The van der Waals surface area contributed by atoms with Crippen LogP contribution in [0.1, 0.15) is 5.56 Å². The molecule has 0 aromatic heterocycles. The zero-order chi connectivity index (χ0) is 20.4. The Labute approximate surface area is 161 Å². The summed E-state index contributed by atoms with van der Waals surface area (Å²) >= 11 is 0. The van der Waals surface area contributed by atoms with Crippen LogP contribution >= 0.6 is 0 Å². The Bertz CT molecular complexity index is 852. The number of carbonyl (C=O) groups is 2. The summed E-state index contributed by atoms with van der Waals surface area (Å²) in [5, 5.41) is 3.85. The van der Waals surface area contributed by atoms with E-state index in [4.69, 9.17) is 18.9 Å². The second-order valence-corrected chi connectivity index (χ2v) is 5.20. The van der Waals surface area contributed by atoms with Crippen molar-refractivity contribution in [2.24, 2.45) is 5.10 Å². The van der Waals surface area contributed by atoms with E-state index < -0.39 is 12.1 Å². The first-order chi connectivity index (χ1) is 13.6. The average molecular weight is 388 g/mol. The first-order valence-electron chi connectivity index (χ1n) is 8.09. The highest BCUT2D eigenvalue weighted by atomic mass is 16.7. The molecule has 9 nitrogen and oxygen atoms in total. The molecule has 28 heavy (non-hydrogen) atoms. The van der Waals surface area contributed by atoms with Crippen molar-refractivity contribution in [3.63, 3.8) is 0 Å². The van der Waals surface area contributed by atoms with Gasteiger partial charge >= 0.3 is 6.16 Å². The van der Waals surface area contributed by atoms with Crippen molar-refractivity contribution in [2.45, 2.75) is 0 Å². The number of rotatable bonds is 8. The third kappa shape index (κ3) is 5.90. The lowest BCUT2D eigenvalue weighted by atomic mass is 10.2. The summed E-state index contributed by atoms with van der Waals surface area (Å²) in [5.41, 5.74) is 2.96. The molecule has 0 fully saturated rings. The van der Waals surface area contributed by atoms with Crippen LogP contribution in [0.5, 0.6) is 23.0 Å². The van der Waals surface area contributed by atoms with E-state index in [1.54, 1.807) is 36.4 Å². The molecule has 148 valence electrons. The summed E-state index contributed by atoms with van der Waals surface area (Å²) in [4.78, 5) is 23.0. The summed E-state index contributed by atoms with van der Waals surface area (Å²) in [6, 6.07) is 11.7. The Kier molecular flexibility index (Phi) is 7.64. The van der Waals surface area contributed by atoms with Crippen molar-refractivity contribution < 1.29 is 33.3 Å². The number of hydrogen-bond donors (Lipinski definition) is 1. The first kappa shape index (κ1) is 20.6. The molecular formula is C19H20N2O7. The maximum atomic E-state index is 11.9. The Hall–Kier alpha value is -3.75. The molecule has 0 spiro atoms. The Morgan fingerprint density at radius 3 is 2.36 bits per heavy atom. The van der Waals surface area contributed by atoms with Gasteiger partial charge in [-0.2, -0.15) is 5.10 Å². The van der Waals surface area contributed by atoms with E-state index in [1.165, 1.54) is 33.6 Å². The van der Waals surface area contributed by atoms with E-state index >= 15 is 0 Å². The van der Waals surface area contributed by atoms with Gasteiger partial charge < -0.3 is 23.7 Å². The third-order valence-corrected chi connectivity index (χ3v) is 3.38. The van der Waals surface area contributed by atoms with E-state index in [0.717, 1.165) is 0 Å². The summed E-state index contributed by atoms with van der Waals surface area (Å²) in [6.07, 6.45) is 0.549. The highest BCUT2D eigenvalue weighted by molar-refractivity contribution is 5.84. The number of nitrogens with zero attached hydrogens (tertiary/aromatic N) is 1. The zero-order valence-electron chi connectivity index (χ0n) is 15.6. The minimum Gasteiger partial charge on any atom is -0.493 e. The van der Waals surface area contributed by atoms with E-state index in [9.17, 15) is 9.59 Å². The molecule has 0 saturated carbocycles. The van der Waals surface area contributed by atoms with Crippen LogP contribution < -0.4 is 24.4 Å². The Balaban J connectivity index is 1.91. The van der Waals surface area contributed by atoms with Gasteiger partial charge in [0.1, 0.15) is 0 Å². The number of nitrogens with one attached hydrogen (secondary N) is 1. The Morgan fingerprint density at radius 2 is 1.68 bits per heavy atom. The predicted octanol–water partition coefficient (Wildman–Crippen LogP) is 2.38. The van der Waals surface area contributed by atoms with Gasteiger partial charge in [-0.15, -0.1) is 0 Å². The lowest BCUT2D eigenvalue weighted by molar-refractivity contribution is -0.123. The first-order valence-corrected chi connectivity index (χ1v) is 8.09. The smallest absolute Gasteiger partial charge is 0.493 e. The van der Waals surface area contributed by atoms with Gasteiger partial charge in [0, 0.05) is 0 Å². The van der Waals surface area contributed by atoms with Crippen LogP contribution in [0.15, 0.2) is 47.6 Å². The summed E-state index contributed by atoms with van der Waals surface area (Å²) < 4.78 is 25.1. The maximum Gasteiger partial charge on any atom is 0.513 e. The molecule has 0 saturated heterocycles. The Morgan fingerprint density at radius 1 is 0.964 bits per heavy atom. The molecule has 0 aliphatic heterocycles. The number of amides is 1. The van der Waals surface area contributed by atoms with Gasteiger partial charge in [0.25, 0.3) is 5.91 Å². The van der Waals surface area contributed by atoms with Gasteiger partial charge in [0.05, 0.1) is 27.5 Å². The van der Waals surface area contributed by atoms with Crippen LogP contribution in [-0.2, 0) is 9.53 Å². The molecule has 0 bridgehead atoms. The fourth-order valence-electron chi connectivity index (χ4n) is 2.07. The van der Waals surface area contributed by atoms with Crippen molar-refractivity contribution in [3.05, 3.63) is 48.0 Å². The van der Waals surface area contributed by atoms with Crippen LogP contribution in [0, 0.1) is 0 Å². The highest BCUT2D eigenvalue weighted by Gasteiger charge is 2.10. The number of para-hydroxylation sites is 2. The van der Waals surface area contributed by atoms with Gasteiger partial charge in [-0.1, -0.05) is 12.1 Å². The quantitative estimate of drug-likeness (QED) is 0.320. The SMILES string of the molecule is COC(=O)Oc1ccc(/C=N\NC(=O)COc2ccccc2OC)cc1OC. The average Bonchev–Trinajstić information content (AvgIpc) is 2.73. The van der Waals surface area contributed by atoms with Gasteiger partial charge in [-0.25, -0.2) is 10.2 Å². The molecule has 0 heterocycles. The van der Waals surface area contributed by atoms with Crippen molar-refractivity contribution in [3.8, 4) is 23.0 Å². The molecule has 1 amide bonds. The van der Waals surface area contributed by atoms with Gasteiger partial charge in [-0.3, -0.25) is 4.79 Å². The van der Waals surface area contributed by atoms with Crippen molar-refractivity contribution in [1.82, 2.24) is 5.43 Å². The summed E-state index contributed by atoms with van der Waals surface area (Å²) in [7, 11) is 4.15. The highest BCUT2D eigenvalue weighted by Crippen LogP contribution is 2.28. The van der Waals surface area contributed by atoms with Crippen molar-refractivity contribution in [2.75, 3.05) is 27.9 Å². The number of ether oxygens (including phenoxy) is 5. The molecule has 1 N–H and O–H groups in total. The van der Waals surface area contributed by atoms with Crippen LogP contribution in [0.3, 0.4) is 0 Å². The fourth-order valence-corrected chi connectivity index (χ4v) is 2.07. The van der Waals surface area contributed by atoms with Crippen LogP contribution in [0.25, 0.3) is 0 Å². The van der Waals surface area contributed by atoms with Crippen LogP contribution in [0.2, 0.25) is 0 Å². The van der Waals surface area contributed by atoms with Gasteiger partial charge in [0.2, 0.25) is 0 Å². The molecule has 0 radical (unpaired) electrons. The minimum atomic E-state index is -0.859. The summed E-state index contributed by atoms with van der Waals surface area (Å²) in [5.74, 6) is 1.04. The number of hydrazone groups is 1. The van der Waals surface area contributed by atoms with E-state index in [-0.39, 0.29) is 12.4 Å². The van der Waals surface area contributed by atoms with Crippen molar-refractivity contribution >= 4 is 18.3 Å². The second-order valence-electron chi connectivity index (χ2n) is 5.20. The van der Waals surface area contributed by atoms with E-state index in [2.05, 4.69) is 15.3 Å². The molecule has 0 unspecified atom stereocenters. The number of hydrogen-bond acceptors (Lipinski definition) is 8. The van der Waals surface area contributed by atoms with Gasteiger partial charge in [-0.05, 0) is 35.9 Å². The lowest BCUT2D eigenvalue weighted by Crippen LogP contribution is -2.24. The standard InChI is InChI=1S/C19H20N2O7/c1-24-14-6-4-5-7-15(14)27-12-18(22)21-20-11-13-8-9-16(17(10-13)25-2)28-19(23)26-3/h4-11H,12H2,1-3H3,(H,21,22)/b20-11-. The number of carbonyl (C=O) groups excluding carboxylic acids is 2. The molecule has 0 atom stereocenters. The molecule has 9 heteroatoms. The molecule has 2 aromatic carbocycles. The second kappa shape index (κ2) is 10.4. The van der Waals surface area contributed by atoms with Gasteiger partial charge in [0.15, 0.2) is 29.6 Å². The lowest BCUT2D eigenvalue weighted by Gasteiger charge is -2.09. The topological polar surface area (TPSA) is 105 Å². The number of benzene rings is 2. The van der Waals surface area contributed by atoms with Crippen molar-refractivity contribution in [1.29, 1.82) is 0 Å². The normalized spacial score (nSPS) is 10.2. The number of methoxy groups -OCH3 is 3.